The second kappa shape index (κ2) is 5.05. The predicted molar refractivity (Wildman–Crippen MR) is 58.9 cm³/mol. The first-order valence-corrected chi connectivity index (χ1v) is 4.59. The first kappa shape index (κ1) is 13.8. The van der Waals surface area contributed by atoms with Crippen molar-refractivity contribution in [2.24, 2.45) is 5.73 Å². The van der Waals surface area contributed by atoms with Gasteiger partial charge in [0.25, 0.3) is 5.92 Å². The van der Waals surface area contributed by atoms with Gasteiger partial charge in [0.05, 0.1) is 6.04 Å². The molecule has 0 aromatic heterocycles. The summed E-state index contributed by atoms with van der Waals surface area (Å²) in [6.45, 7) is 0.818. The van der Waals surface area contributed by atoms with Crippen molar-refractivity contribution in [3.63, 3.8) is 0 Å². The van der Waals surface area contributed by atoms with Crippen molar-refractivity contribution >= 4 is 28.3 Å². The van der Waals surface area contributed by atoms with Crippen LogP contribution in [0.4, 0.5) is 8.78 Å². The van der Waals surface area contributed by atoms with Crippen molar-refractivity contribution < 1.29 is 8.78 Å². The van der Waals surface area contributed by atoms with Crippen LogP contribution in [0.2, 0.25) is 0 Å². The Bertz CT molecular complexity index is 301. The lowest BCUT2D eigenvalue weighted by molar-refractivity contribution is -0.00620. The molecule has 1 atom stereocenters. The van der Waals surface area contributed by atoms with Gasteiger partial charge in [-0.2, -0.15) is 0 Å². The highest BCUT2D eigenvalue weighted by Crippen LogP contribution is 2.29. The van der Waals surface area contributed by atoms with E-state index < -0.39 is 12.0 Å². The Morgan fingerprint density at radius 3 is 2.43 bits per heavy atom. The monoisotopic (exact) mass is 285 g/mol. The van der Waals surface area contributed by atoms with Gasteiger partial charge in [0.15, 0.2) is 0 Å². The summed E-state index contributed by atoms with van der Waals surface area (Å²) >= 11 is 3.20. The summed E-state index contributed by atoms with van der Waals surface area (Å²) < 4.78 is 26.3. The second-order valence-corrected chi connectivity index (χ2v) is 3.90. The third-order valence-corrected chi connectivity index (χ3v) is 2.25. The zero-order valence-electron chi connectivity index (χ0n) is 7.51. The lowest BCUT2D eigenvalue weighted by atomic mass is 10.0. The summed E-state index contributed by atoms with van der Waals surface area (Å²) in [6.07, 6.45) is 0. The molecule has 5 heteroatoms. The second-order valence-electron chi connectivity index (χ2n) is 2.99. The van der Waals surface area contributed by atoms with Gasteiger partial charge in [-0.15, -0.1) is 12.4 Å². The highest BCUT2D eigenvalue weighted by atomic mass is 79.9. The summed E-state index contributed by atoms with van der Waals surface area (Å²) in [5.74, 6) is -2.89. The Balaban J connectivity index is 0.00000169. The van der Waals surface area contributed by atoms with E-state index in [0.717, 1.165) is 11.4 Å². The Hall–Kier alpha value is -0.190. The fourth-order valence-electron chi connectivity index (χ4n) is 0.993. The van der Waals surface area contributed by atoms with Crippen molar-refractivity contribution in [3.05, 3.63) is 34.3 Å². The maximum atomic E-state index is 12.8. The molecule has 0 bridgehead atoms. The minimum atomic E-state index is -2.89. The van der Waals surface area contributed by atoms with Crippen LogP contribution in [-0.2, 0) is 0 Å². The van der Waals surface area contributed by atoms with E-state index in [0.29, 0.717) is 5.56 Å². The number of hydrogen-bond donors (Lipinski definition) is 1. The lowest BCUT2D eigenvalue weighted by Crippen LogP contribution is -2.29. The van der Waals surface area contributed by atoms with E-state index in [2.05, 4.69) is 15.9 Å². The number of nitrogens with two attached hydrogens (primary N) is 1. The molecule has 0 spiro atoms. The highest BCUT2D eigenvalue weighted by Gasteiger charge is 2.31. The summed E-state index contributed by atoms with van der Waals surface area (Å²) in [5, 5.41) is 0. The van der Waals surface area contributed by atoms with Crippen LogP contribution in [0.3, 0.4) is 0 Å². The summed E-state index contributed by atoms with van der Waals surface area (Å²) in [5.41, 5.74) is 5.80. The topological polar surface area (TPSA) is 26.0 Å². The molecule has 1 rings (SSSR count). The van der Waals surface area contributed by atoms with Gasteiger partial charge in [0.1, 0.15) is 0 Å². The molecule has 0 radical (unpaired) electrons. The third-order valence-electron chi connectivity index (χ3n) is 1.75. The zero-order valence-corrected chi connectivity index (χ0v) is 9.91. The minimum Gasteiger partial charge on any atom is -0.319 e. The number of benzene rings is 1. The maximum absolute atomic E-state index is 12.8. The summed E-state index contributed by atoms with van der Waals surface area (Å²) in [6, 6.07) is 5.40. The van der Waals surface area contributed by atoms with Gasteiger partial charge in [0, 0.05) is 11.4 Å². The highest BCUT2D eigenvalue weighted by molar-refractivity contribution is 9.10. The molecule has 0 aliphatic heterocycles. The number of rotatable bonds is 2. The Kier molecular flexibility index (Phi) is 4.98. The van der Waals surface area contributed by atoms with Crippen LogP contribution in [0.1, 0.15) is 18.5 Å². The molecule has 0 amide bonds. The fourth-order valence-corrected chi connectivity index (χ4v) is 1.41. The Labute approximate surface area is 96.2 Å². The summed E-state index contributed by atoms with van der Waals surface area (Å²) in [4.78, 5) is 0. The average Bonchev–Trinajstić information content (AvgIpc) is 2.01. The van der Waals surface area contributed by atoms with Gasteiger partial charge in [-0.3, -0.25) is 0 Å². The SMILES string of the molecule is CC(F)(F)C(N)c1cccc(Br)c1.Cl. The van der Waals surface area contributed by atoms with Gasteiger partial charge in [-0.25, -0.2) is 8.78 Å². The van der Waals surface area contributed by atoms with Crippen molar-refractivity contribution in [2.75, 3.05) is 0 Å². The predicted octanol–water partition coefficient (Wildman–Crippen LogP) is 3.53. The van der Waals surface area contributed by atoms with E-state index in [1.54, 1.807) is 24.3 Å². The Morgan fingerprint density at radius 2 is 2.00 bits per heavy atom. The zero-order chi connectivity index (χ0) is 10.1. The van der Waals surface area contributed by atoms with Crippen LogP contribution >= 0.6 is 28.3 Å². The van der Waals surface area contributed by atoms with E-state index in [1.807, 2.05) is 0 Å². The van der Waals surface area contributed by atoms with Gasteiger partial charge in [-0.05, 0) is 17.7 Å². The number of hydrogen-bond acceptors (Lipinski definition) is 1. The van der Waals surface area contributed by atoms with E-state index in [1.165, 1.54) is 0 Å². The van der Waals surface area contributed by atoms with E-state index >= 15 is 0 Å². The van der Waals surface area contributed by atoms with E-state index in [4.69, 9.17) is 5.73 Å². The van der Waals surface area contributed by atoms with Gasteiger partial charge < -0.3 is 5.73 Å². The standard InChI is InChI=1S/C9H10BrF2N.ClH/c1-9(11,12)8(13)6-3-2-4-7(10)5-6;/h2-5,8H,13H2,1H3;1H. The molecule has 0 fully saturated rings. The van der Waals surface area contributed by atoms with Crippen LogP contribution in [0, 0.1) is 0 Å². The molecule has 0 aliphatic rings. The van der Waals surface area contributed by atoms with Gasteiger partial charge in [0.2, 0.25) is 0 Å². The van der Waals surface area contributed by atoms with Crippen LogP contribution in [0.15, 0.2) is 28.7 Å². The fraction of sp³-hybridized carbons (Fsp3) is 0.333. The van der Waals surface area contributed by atoms with E-state index in [-0.39, 0.29) is 12.4 Å². The maximum Gasteiger partial charge on any atom is 0.264 e. The molecule has 0 saturated carbocycles. The number of halogens is 4. The van der Waals surface area contributed by atoms with Crippen LogP contribution in [0.5, 0.6) is 0 Å². The molecule has 0 saturated heterocycles. The molecule has 1 aromatic rings. The van der Waals surface area contributed by atoms with Gasteiger partial charge >= 0.3 is 0 Å². The molecule has 80 valence electrons. The van der Waals surface area contributed by atoms with Crippen LogP contribution < -0.4 is 5.73 Å². The molecule has 0 heterocycles. The first-order valence-electron chi connectivity index (χ1n) is 3.80. The normalized spacial score (nSPS) is 13.2. The molecule has 1 nitrogen and oxygen atoms in total. The molecular formula is C9H11BrClF2N. The minimum absolute atomic E-state index is 0. The number of alkyl halides is 2. The lowest BCUT2D eigenvalue weighted by Gasteiger charge is -2.19. The third kappa shape index (κ3) is 3.52. The van der Waals surface area contributed by atoms with Crippen molar-refractivity contribution in [1.29, 1.82) is 0 Å². The molecule has 1 aromatic carbocycles. The average molecular weight is 287 g/mol. The largest absolute Gasteiger partial charge is 0.319 e. The Morgan fingerprint density at radius 1 is 1.43 bits per heavy atom. The quantitative estimate of drug-likeness (QED) is 0.884. The van der Waals surface area contributed by atoms with Crippen LogP contribution in [0.25, 0.3) is 0 Å². The molecule has 0 aliphatic carbocycles. The van der Waals surface area contributed by atoms with Crippen molar-refractivity contribution in [1.82, 2.24) is 0 Å². The molecular weight excluding hydrogens is 275 g/mol. The molecule has 1 unspecified atom stereocenters. The van der Waals surface area contributed by atoms with Gasteiger partial charge in [-0.1, -0.05) is 28.1 Å². The first-order chi connectivity index (χ1) is 5.91. The summed E-state index contributed by atoms with van der Waals surface area (Å²) in [7, 11) is 0. The smallest absolute Gasteiger partial charge is 0.264 e. The van der Waals surface area contributed by atoms with E-state index in [9.17, 15) is 8.78 Å². The van der Waals surface area contributed by atoms with Crippen molar-refractivity contribution in [2.45, 2.75) is 18.9 Å². The molecule has 14 heavy (non-hydrogen) atoms. The van der Waals surface area contributed by atoms with Crippen molar-refractivity contribution in [3.8, 4) is 0 Å². The van der Waals surface area contributed by atoms with Crippen LogP contribution in [-0.4, -0.2) is 5.92 Å². The molecule has 2 N–H and O–H groups in total.